The van der Waals surface area contributed by atoms with Gasteiger partial charge in [-0.25, -0.2) is 4.98 Å². The lowest BCUT2D eigenvalue weighted by Crippen LogP contribution is -2.10. The number of hydrogen-bond donors (Lipinski definition) is 0. The molecule has 0 radical (unpaired) electrons. The molecule has 1 aliphatic rings. The number of nitrogens with zero attached hydrogens (tertiary/aromatic N) is 3. The fourth-order valence-electron chi connectivity index (χ4n) is 4.22. The van der Waals surface area contributed by atoms with Crippen molar-refractivity contribution in [1.29, 1.82) is 0 Å². The van der Waals surface area contributed by atoms with E-state index in [4.69, 9.17) is 14.5 Å². The Kier molecular flexibility index (Phi) is 4.79. The third-order valence-electron chi connectivity index (χ3n) is 5.78. The van der Waals surface area contributed by atoms with Crippen LogP contribution >= 0.6 is 0 Å². The molecule has 2 aromatic heterocycles. The van der Waals surface area contributed by atoms with E-state index in [0.29, 0.717) is 0 Å². The monoisotopic (exact) mass is 399 g/mol. The molecule has 0 aliphatic carbocycles. The first-order chi connectivity index (χ1) is 14.8. The molecule has 0 atom stereocenters. The largest absolute Gasteiger partial charge is 0.497 e. The number of imidazole rings is 1. The molecule has 30 heavy (non-hydrogen) atoms. The van der Waals surface area contributed by atoms with Gasteiger partial charge in [0.1, 0.15) is 11.5 Å². The van der Waals surface area contributed by atoms with E-state index in [1.807, 2.05) is 24.3 Å². The highest BCUT2D eigenvalue weighted by molar-refractivity contribution is 5.82. The lowest BCUT2D eigenvalue weighted by molar-refractivity contribution is 0.414. The third-order valence-corrected chi connectivity index (χ3v) is 5.78. The lowest BCUT2D eigenvalue weighted by atomic mass is 10.0. The van der Waals surface area contributed by atoms with Gasteiger partial charge in [-0.1, -0.05) is 0 Å². The van der Waals surface area contributed by atoms with Crippen molar-refractivity contribution in [3.05, 3.63) is 66.9 Å². The molecule has 2 aromatic carbocycles. The van der Waals surface area contributed by atoms with E-state index < -0.39 is 0 Å². The minimum Gasteiger partial charge on any atom is -0.497 e. The highest BCUT2D eigenvalue weighted by Crippen LogP contribution is 2.38. The summed E-state index contributed by atoms with van der Waals surface area (Å²) in [5.74, 6) is 2.72. The number of hydrogen-bond acceptors (Lipinski definition) is 3. The number of fused-ring (bicyclic) bond motifs is 3. The Morgan fingerprint density at radius 3 is 2.07 bits per heavy atom. The number of methoxy groups -OCH3 is 2. The first kappa shape index (κ1) is 18.6. The van der Waals surface area contributed by atoms with Crippen LogP contribution in [0.1, 0.15) is 12.8 Å². The average molecular weight is 399 g/mol. The smallest absolute Gasteiger partial charge is 0.157 e. The second kappa shape index (κ2) is 7.75. The van der Waals surface area contributed by atoms with E-state index in [2.05, 4.69) is 51.7 Å². The zero-order valence-electron chi connectivity index (χ0n) is 17.3. The van der Waals surface area contributed by atoms with Crippen molar-refractivity contribution in [2.45, 2.75) is 25.9 Å². The van der Waals surface area contributed by atoms with Crippen LogP contribution in [0.5, 0.6) is 11.5 Å². The van der Waals surface area contributed by atoms with Crippen molar-refractivity contribution in [2.24, 2.45) is 0 Å². The molecule has 0 saturated carbocycles. The predicted molar refractivity (Wildman–Crippen MR) is 119 cm³/mol. The number of rotatable bonds is 4. The standard InChI is InChI=1S/C25H25N3O2/c1-29-20-11-7-18(8-12-20)23-24(19-9-13-21(30-2)14-10-19)28-17-4-3-15-27-16-5-6-22(27)25(28)26-23/h5-14,16H,3-4,15,17H2,1-2H3. The van der Waals surface area contributed by atoms with Gasteiger partial charge in [0, 0.05) is 30.4 Å². The maximum Gasteiger partial charge on any atom is 0.157 e. The maximum atomic E-state index is 5.37. The Balaban J connectivity index is 1.75. The van der Waals surface area contributed by atoms with Crippen molar-refractivity contribution in [3.8, 4) is 45.5 Å². The molecule has 5 nitrogen and oxygen atoms in total. The molecule has 0 fully saturated rings. The van der Waals surface area contributed by atoms with Gasteiger partial charge in [0.25, 0.3) is 0 Å². The van der Waals surface area contributed by atoms with Crippen LogP contribution in [-0.4, -0.2) is 28.3 Å². The van der Waals surface area contributed by atoms with Gasteiger partial charge in [0.05, 0.1) is 31.3 Å². The van der Waals surface area contributed by atoms with Crippen LogP contribution in [-0.2, 0) is 13.1 Å². The van der Waals surface area contributed by atoms with Crippen LogP contribution < -0.4 is 9.47 Å². The Morgan fingerprint density at radius 2 is 1.40 bits per heavy atom. The highest BCUT2D eigenvalue weighted by atomic mass is 16.5. The third kappa shape index (κ3) is 3.16. The molecule has 5 heteroatoms. The average Bonchev–Trinajstić information content (AvgIpc) is 3.39. The van der Waals surface area contributed by atoms with Crippen molar-refractivity contribution in [1.82, 2.24) is 14.1 Å². The van der Waals surface area contributed by atoms with Crippen LogP contribution in [0.2, 0.25) is 0 Å². The molecular formula is C25H25N3O2. The van der Waals surface area contributed by atoms with Gasteiger partial charge in [-0.05, 0) is 73.5 Å². The summed E-state index contributed by atoms with van der Waals surface area (Å²) < 4.78 is 15.4. The van der Waals surface area contributed by atoms with Crippen molar-refractivity contribution < 1.29 is 9.47 Å². The molecule has 0 unspecified atom stereocenters. The lowest BCUT2D eigenvalue weighted by Gasteiger charge is -2.18. The van der Waals surface area contributed by atoms with E-state index >= 15 is 0 Å². The summed E-state index contributed by atoms with van der Waals surface area (Å²) in [7, 11) is 3.38. The topological polar surface area (TPSA) is 41.2 Å². The molecule has 0 amide bonds. The number of benzene rings is 2. The fraction of sp³-hybridized carbons (Fsp3) is 0.240. The molecule has 4 aromatic rings. The van der Waals surface area contributed by atoms with Crippen LogP contribution in [0.15, 0.2) is 66.9 Å². The molecule has 0 saturated heterocycles. The van der Waals surface area contributed by atoms with Crippen LogP contribution in [0, 0.1) is 0 Å². The minimum atomic E-state index is 0.844. The first-order valence-electron chi connectivity index (χ1n) is 10.3. The van der Waals surface area contributed by atoms with Gasteiger partial charge in [-0.3, -0.25) is 0 Å². The highest BCUT2D eigenvalue weighted by Gasteiger charge is 2.23. The van der Waals surface area contributed by atoms with Crippen LogP contribution in [0.25, 0.3) is 34.0 Å². The second-order valence-electron chi connectivity index (χ2n) is 7.54. The summed E-state index contributed by atoms with van der Waals surface area (Å²) in [5.41, 5.74) is 5.53. The van der Waals surface area contributed by atoms with E-state index in [1.54, 1.807) is 14.2 Å². The van der Waals surface area contributed by atoms with Gasteiger partial charge in [0.15, 0.2) is 5.82 Å². The fourth-order valence-corrected chi connectivity index (χ4v) is 4.22. The van der Waals surface area contributed by atoms with Gasteiger partial charge < -0.3 is 18.6 Å². The second-order valence-corrected chi connectivity index (χ2v) is 7.54. The summed E-state index contributed by atoms with van der Waals surface area (Å²) in [6.07, 6.45) is 4.42. The first-order valence-corrected chi connectivity index (χ1v) is 10.3. The predicted octanol–water partition coefficient (Wildman–Crippen LogP) is 5.50. The van der Waals surface area contributed by atoms with Crippen molar-refractivity contribution in [3.63, 3.8) is 0 Å². The molecule has 0 spiro atoms. The molecule has 0 bridgehead atoms. The molecular weight excluding hydrogens is 374 g/mol. The minimum absolute atomic E-state index is 0.844. The summed E-state index contributed by atoms with van der Waals surface area (Å²) in [6.45, 7) is 1.98. The van der Waals surface area contributed by atoms with Crippen molar-refractivity contribution >= 4 is 0 Å². The zero-order valence-corrected chi connectivity index (χ0v) is 17.3. The summed E-state index contributed by atoms with van der Waals surface area (Å²) in [6, 6.07) is 20.7. The quantitative estimate of drug-likeness (QED) is 0.455. The van der Waals surface area contributed by atoms with Crippen molar-refractivity contribution in [2.75, 3.05) is 14.2 Å². The van der Waals surface area contributed by atoms with Crippen LogP contribution in [0.4, 0.5) is 0 Å². The van der Waals surface area contributed by atoms with Gasteiger partial charge >= 0.3 is 0 Å². The Hall–Kier alpha value is -3.47. The Morgan fingerprint density at radius 1 is 0.767 bits per heavy atom. The maximum absolute atomic E-state index is 5.37. The number of aryl methyl sites for hydroxylation is 1. The normalized spacial score (nSPS) is 13.1. The SMILES string of the molecule is COc1ccc(-c2nc3n(c2-c2ccc(OC)cc2)CCCCn2cccc2-3)cc1. The summed E-state index contributed by atoms with van der Waals surface area (Å²) >= 11 is 0. The van der Waals surface area contributed by atoms with E-state index in [9.17, 15) is 0 Å². The van der Waals surface area contributed by atoms with E-state index in [-0.39, 0.29) is 0 Å². The number of aromatic nitrogens is 3. The molecule has 5 rings (SSSR count). The molecule has 3 heterocycles. The molecule has 152 valence electrons. The van der Waals surface area contributed by atoms with Gasteiger partial charge in [0.2, 0.25) is 0 Å². The summed E-state index contributed by atoms with van der Waals surface area (Å²) in [4.78, 5) is 5.18. The van der Waals surface area contributed by atoms with Gasteiger partial charge in [-0.15, -0.1) is 0 Å². The number of ether oxygens (including phenoxy) is 2. The Labute approximate surface area is 176 Å². The molecule has 1 aliphatic heterocycles. The van der Waals surface area contributed by atoms with Crippen LogP contribution in [0.3, 0.4) is 0 Å². The van der Waals surface area contributed by atoms with E-state index in [0.717, 1.165) is 65.8 Å². The molecule has 0 N–H and O–H groups in total. The zero-order chi connectivity index (χ0) is 20.5. The van der Waals surface area contributed by atoms with Gasteiger partial charge in [-0.2, -0.15) is 0 Å². The van der Waals surface area contributed by atoms with E-state index in [1.165, 1.54) is 5.69 Å². The summed E-state index contributed by atoms with van der Waals surface area (Å²) in [5, 5.41) is 0. The Bertz CT molecular complexity index is 1150.